The summed E-state index contributed by atoms with van der Waals surface area (Å²) < 4.78 is 5.77. The second-order valence-electron chi connectivity index (χ2n) is 9.19. The van der Waals surface area contributed by atoms with Gasteiger partial charge < -0.3 is 4.74 Å². The van der Waals surface area contributed by atoms with Gasteiger partial charge in [-0.15, -0.1) is 0 Å². The molecule has 0 aliphatic heterocycles. The van der Waals surface area contributed by atoms with Crippen LogP contribution in [0.1, 0.15) is 56.7 Å². The molecule has 31 heavy (non-hydrogen) atoms. The van der Waals surface area contributed by atoms with Crippen LogP contribution in [0.2, 0.25) is 0 Å². The van der Waals surface area contributed by atoms with Gasteiger partial charge in [-0.25, -0.2) is 5.43 Å². The molecule has 1 saturated carbocycles. The van der Waals surface area contributed by atoms with Crippen LogP contribution < -0.4 is 10.2 Å². The number of hydrogen-bond acceptors (Lipinski definition) is 3. The van der Waals surface area contributed by atoms with Crippen LogP contribution in [0.25, 0.3) is 10.8 Å². The van der Waals surface area contributed by atoms with E-state index >= 15 is 0 Å². The molecule has 1 fully saturated rings. The highest BCUT2D eigenvalue weighted by atomic mass is 16.5. The summed E-state index contributed by atoms with van der Waals surface area (Å²) in [7, 11) is 0. The number of ether oxygens (including phenoxy) is 1. The van der Waals surface area contributed by atoms with Crippen molar-refractivity contribution in [2.75, 3.05) is 6.61 Å². The molecule has 0 aromatic heterocycles. The summed E-state index contributed by atoms with van der Waals surface area (Å²) in [6.45, 7) is 9.16. The van der Waals surface area contributed by atoms with Crippen molar-refractivity contribution in [1.29, 1.82) is 0 Å². The molecule has 3 aromatic carbocycles. The van der Waals surface area contributed by atoms with E-state index in [1.807, 2.05) is 37.3 Å². The Kier molecular flexibility index (Phi) is 5.81. The van der Waals surface area contributed by atoms with Crippen LogP contribution >= 0.6 is 0 Å². The average Bonchev–Trinajstić information content (AvgIpc) is 3.56. The Morgan fingerprint density at radius 1 is 1.10 bits per heavy atom. The smallest absolute Gasteiger partial charge is 0.243 e. The van der Waals surface area contributed by atoms with Gasteiger partial charge in [-0.1, -0.05) is 75.4 Å². The molecule has 2 atom stereocenters. The number of hydrazone groups is 1. The molecule has 4 rings (SSSR count). The molecule has 0 unspecified atom stereocenters. The van der Waals surface area contributed by atoms with Crippen LogP contribution in [0.5, 0.6) is 5.75 Å². The molecule has 3 aromatic rings. The van der Waals surface area contributed by atoms with Gasteiger partial charge in [-0.3, -0.25) is 4.79 Å². The van der Waals surface area contributed by atoms with Crippen LogP contribution in [0, 0.1) is 5.92 Å². The van der Waals surface area contributed by atoms with Crippen LogP contribution in [0.3, 0.4) is 0 Å². The zero-order valence-electron chi connectivity index (χ0n) is 18.7. The number of amides is 1. The zero-order valence-corrected chi connectivity index (χ0v) is 18.7. The molecule has 0 saturated heterocycles. The highest BCUT2D eigenvalue weighted by Gasteiger charge is 2.44. The summed E-state index contributed by atoms with van der Waals surface area (Å²) in [6.07, 6.45) is 2.56. The van der Waals surface area contributed by atoms with Crippen LogP contribution in [-0.2, 0) is 10.2 Å². The SMILES string of the molecule is CCOc1ccc2ccccc2c1C=NNC(=O)[C@H]1C[C@H]1c1ccc(C(C)(C)C)cc1. The van der Waals surface area contributed by atoms with Crippen molar-refractivity contribution in [3.63, 3.8) is 0 Å². The standard InChI is InChI=1S/C27H30N2O2/c1-5-31-25-15-12-18-8-6-7-9-21(18)24(25)17-28-29-26(30)23-16-22(23)19-10-13-20(14-11-19)27(2,3)4/h6-15,17,22-23H,5,16H2,1-4H3,(H,29,30)/t22-,23-/m0/s1. The quantitative estimate of drug-likeness (QED) is 0.410. The third-order valence-corrected chi connectivity index (χ3v) is 5.93. The van der Waals surface area contributed by atoms with E-state index in [0.717, 1.165) is 28.5 Å². The molecule has 4 heteroatoms. The molecule has 1 amide bonds. The number of rotatable bonds is 6. The maximum atomic E-state index is 12.6. The Hall–Kier alpha value is -3.14. The third kappa shape index (κ3) is 4.63. The van der Waals surface area contributed by atoms with Gasteiger partial charge in [0.1, 0.15) is 5.75 Å². The number of hydrogen-bond donors (Lipinski definition) is 1. The largest absolute Gasteiger partial charge is 0.493 e. The first kappa shape index (κ1) is 21.1. The van der Waals surface area contributed by atoms with Crippen molar-refractivity contribution in [3.8, 4) is 5.75 Å². The first-order chi connectivity index (χ1) is 14.9. The number of nitrogens with zero attached hydrogens (tertiary/aromatic N) is 1. The van der Waals surface area contributed by atoms with Gasteiger partial charge in [0, 0.05) is 11.5 Å². The number of nitrogens with one attached hydrogen (secondary N) is 1. The normalized spacial score (nSPS) is 18.3. The van der Waals surface area contributed by atoms with E-state index in [2.05, 4.69) is 61.6 Å². The summed E-state index contributed by atoms with van der Waals surface area (Å²) in [5.41, 5.74) is 6.29. The lowest BCUT2D eigenvalue weighted by molar-refractivity contribution is -0.122. The van der Waals surface area contributed by atoms with Gasteiger partial charge in [0.2, 0.25) is 5.91 Å². The predicted molar refractivity (Wildman–Crippen MR) is 127 cm³/mol. The molecule has 1 aliphatic rings. The maximum Gasteiger partial charge on any atom is 0.243 e. The Morgan fingerprint density at radius 3 is 2.55 bits per heavy atom. The lowest BCUT2D eigenvalue weighted by atomic mass is 9.86. The number of fused-ring (bicyclic) bond motifs is 1. The van der Waals surface area contributed by atoms with E-state index in [1.54, 1.807) is 6.21 Å². The minimum atomic E-state index is -0.0284. The molecular weight excluding hydrogens is 384 g/mol. The third-order valence-electron chi connectivity index (χ3n) is 5.93. The zero-order chi connectivity index (χ0) is 22.0. The van der Waals surface area contributed by atoms with E-state index in [9.17, 15) is 4.79 Å². The van der Waals surface area contributed by atoms with Gasteiger partial charge in [-0.2, -0.15) is 5.10 Å². The van der Waals surface area contributed by atoms with Crippen molar-refractivity contribution in [1.82, 2.24) is 5.43 Å². The fourth-order valence-corrected chi connectivity index (χ4v) is 4.02. The average molecular weight is 415 g/mol. The van der Waals surface area contributed by atoms with Gasteiger partial charge in [0.15, 0.2) is 0 Å². The molecular formula is C27H30N2O2. The van der Waals surface area contributed by atoms with Gasteiger partial charge in [0.25, 0.3) is 0 Å². The van der Waals surface area contributed by atoms with Crippen LogP contribution in [0.15, 0.2) is 65.8 Å². The van der Waals surface area contributed by atoms with Gasteiger partial charge in [0.05, 0.1) is 12.8 Å². The molecule has 0 bridgehead atoms. The summed E-state index contributed by atoms with van der Waals surface area (Å²) in [5.74, 6) is 0.999. The summed E-state index contributed by atoms with van der Waals surface area (Å²) in [5, 5.41) is 6.43. The Bertz CT molecular complexity index is 1110. The second-order valence-corrected chi connectivity index (χ2v) is 9.19. The molecule has 1 N–H and O–H groups in total. The highest BCUT2D eigenvalue weighted by molar-refractivity contribution is 6.02. The van der Waals surface area contributed by atoms with Crippen LogP contribution in [-0.4, -0.2) is 18.7 Å². The molecule has 1 aliphatic carbocycles. The maximum absolute atomic E-state index is 12.6. The summed E-state index contributed by atoms with van der Waals surface area (Å²) in [6, 6.07) is 20.8. The fraction of sp³-hybridized carbons (Fsp3) is 0.333. The highest BCUT2D eigenvalue weighted by Crippen LogP contribution is 2.47. The predicted octanol–water partition coefficient (Wildman–Crippen LogP) is 5.79. The summed E-state index contributed by atoms with van der Waals surface area (Å²) >= 11 is 0. The van der Waals surface area contributed by atoms with E-state index in [-0.39, 0.29) is 23.2 Å². The monoisotopic (exact) mass is 414 g/mol. The number of benzene rings is 3. The summed E-state index contributed by atoms with van der Waals surface area (Å²) in [4.78, 5) is 12.6. The van der Waals surface area contributed by atoms with Crippen LogP contribution in [0.4, 0.5) is 0 Å². The topological polar surface area (TPSA) is 50.7 Å². The van der Waals surface area contributed by atoms with Gasteiger partial charge >= 0.3 is 0 Å². The minimum absolute atomic E-state index is 0.0171. The van der Waals surface area contributed by atoms with E-state index < -0.39 is 0 Å². The molecule has 4 nitrogen and oxygen atoms in total. The molecule has 0 radical (unpaired) electrons. The van der Waals surface area contributed by atoms with E-state index in [0.29, 0.717) is 6.61 Å². The lowest BCUT2D eigenvalue weighted by Crippen LogP contribution is -2.20. The lowest BCUT2D eigenvalue weighted by Gasteiger charge is -2.19. The Labute approximate surface area is 184 Å². The minimum Gasteiger partial charge on any atom is -0.493 e. The van der Waals surface area contributed by atoms with Crippen molar-refractivity contribution in [2.45, 2.75) is 45.4 Å². The van der Waals surface area contributed by atoms with Gasteiger partial charge in [-0.05, 0) is 52.6 Å². The molecule has 0 spiro atoms. The van der Waals surface area contributed by atoms with Crippen molar-refractivity contribution in [2.24, 2.45) is 11.0 Å². The molecule has 0 heterocycles. The number of carbonyl (C=O) groups excluding carboxylic acids is 1. The van der Waals surface area contributed by atoms with Crippen molar-refractivity contribution in [3.05, 3.63) is 77.4 Å². The Morgan fingerprint density at radius 2 is 1.84 bits per heavy atom. The Balaban J connectivity index is 1.44. The second kappa shape index (κ2) is 8.54. The van der Waals surface area contributed by atoms with E-state index in [1.165, 1.54) is 11.1 Å². The van der Waals surface area contributed by atoms with Crippen molar-refractivity contribution >= 4 is 22.9 Å². The first-order valence-corrected chi connectivity index (χ1v) is 11.0. The molecule has 160 valence electrons. The number of carbonyl (C=O) groups is 1. The fourth-order valence-electron chi connectivity index (χ4n) is 4.02. The van der Waals surface area contributed by atoms with E-state index in [4.69, 9.17) is 4.74 Å². The van der Waals surface area contributed by atoms with Crippen molar-refractivity contribution < 1.29 is 9.53 Å². The first-order valence-electron chi connectivity index (χ1n) is 11.0.